The number of carbonyl (C=O) groups is 2. The van der Waals surface area contributed by atoms with E-state index in [4.69, 9.17) is 0 Å². The zero-order valence-electron chi connectivity index (χ0n) is 15.1. The van der Waals surface area contributed by atoms with Crippen molar-refractivity contribution >= 4 is 11.8 Å². The molecule has 0 spiro atoms. The summed E-state index contributed by atoms with van der Waals surface area (Å²) in [6.45, 7) is 5.64. The van der Waals surface area contributed by atoms with Gasteiger partial charge in [-0.2, -0.15) is 0 Å². The average molecular weight is 343 g/mol. The summed E-state index contributed by atoms with van der Waals surface area (Å²) in [7, 11) is 0. The molecule has 2 amide bonds. The van der Waals surface area contributed by atoms with Gasteiger partial charge < -0.3 is 15.5 Å². The minimum atomic E-state index is -0.304. The second-order valence-corrected chi connectivity index (χ2v) is 7.69. The Morgan fingerprint density at radius 1 is 1.24 bits per heavy atom. The molecule has 2 aliphatic rings. The minimum absolute atomic E-state index is 0.0127. The topological polar surface area (TPSA) is 61.4 Å². The molecule has 5 heteroatoms. The van der Waals surface area contributed by atoms with Crippen LogP contribution in [-0.2, 0) is 16.0 Å². The Kier molecular flexibility index (Phi) is 5.74. The molecule has 2 saturated heterocycles. The van der Waals surface area contributed by atoms with Gasteiger partial charge in [0, 0.05) is 13.1 Å². The summed E-state index contributed by atoms with van der Waals surface area (Å²) >= 11 is 0. The first-order chi connectivity index (χ1) is 12.1. The molecule has 1 atom stereocenters. The van der Waals surface area contributed by atoms with Crippen molar-refractivity contribution in [3.8, 4) is 0 Å². The Hall–Kier alpha value is -1.88. The molecule has 2 fully saturated rings. The number of hydrogen-bond donors (Lipinski definition) is 2. The molecule has 25 heavy (non-hydrogen) atoms. The number of amides is 2. The van der Waals surface area contributed by atoms with E-state index in [0.717, 1.165) is 44.3 Å². The summed E-state index contributed by atoms with van der Waals surface area (Å²) in [5.74, 6) is 0.0654. The molecule has 0 radical (unpaired) electrons. The van der Waals surface area contributed by atoms with Gasteiger partial charge in [0.25, 0.3) is 0 Å². The Labute approximate surface area is 150 Å². The van der Waals surface area contributed by atoms with Crippen molar-refractivity contribution in [2.24, 2.45) is 5.41 Å². The van der Waals surface area contributed by atoms with Crippen molar-refractivity contribution < 1.29 is 9.59 Å². The molecule has 5 nitrogen and oxygen atoms in total. The number of hydrogen-bond acceptors (Lipinski definition) is 3. The predicted molar refractivity (Wildman–Crippen MR) is 98.1 cm³/mol. The summed E-state index contributed by atoms with van der Waals surface area (Å²) in [4.78, 5) is 27.1. The van der Waals surface area contributed by atoms with Gasteiger partial charge in [0.05, 0.1) is 6.42 Å². The van der Waals surface area contributed by atoms with E-state index in [1.165, 1.54) is 0 Å². The highest BCUT2D eigenvalue weighted by atomic mass is 16.2. The fraction of sp³-hybridized carbons (Fsp3) is 0.600. The predicted octanol–water partition coefficient (Wildman–Crippen LogP) is 1.73. The number of benzene rings is 1. The molecular formula is C20H29N3O2. The smallest absolute Gasteiger partial charge is 0.242 e. The van der Waals surface area contributed by atoms with Crippen molar-refractivity contribution in [2.45, 2.75) is 45.1 Å². The first-order valence-corrected chi connectivity index (χ1v) is 9.39. The molecule has 1 aromatic rings. The highest BCUT2D eigenvalue weighted by molar-refractivity contribution is 5.89. The normalized spacial score (nSPS) is 22.6. The Balaban J connectivity index is 1.55. The van der Waals surface area contributed by atoms with Gasteiger partial charge in [-0.05, 0) is 49.8 Å². The van der Waals surface area contributed by atoms with Crippen LogP contribution in [0, 0.1) is 5.41 Å². The van der Waals surface area contributed by atoms with Crippen LogP contribution >= 0.6 is 0 Å². The molecule has 3 rings (SSSR count). The second-order valence-electron chi connectivity index (χ2n) is 7.69. The maximum Gasteiger partial charge on any atom is 0.242 e. The largest absolute Gasteiger partial charge is 0.354 e. The standard InChI is InChI=1S/C20H29N3O2/c1-20(9-11-21-12-10-20)15-22-19(25)17-8-5-13-23(17)18(24)14-16-6-3-2-4-7-16/h2-4,6-7,17,21H,5,8-15H2,1H3,(H,22,25). The lowest BCUT2D eigenvalue weighted by Crippen LogP contribution is -2.50. The highest BCUT2D eigenvalue weighted by Crippen LogP contribution is 2.27. The van der Waals surface area contributed by atoms with Crippen LogP contribution in [0.3, 0.4) is 0 Å². The van der Waals surface area contributed by atoms with Gasteiger partial charge in [0.1, 0.15) is 6.04 Å². The lowest BCUT2D eigenvalue weighted by Gasteiger charge is -2.35. The van der Waals surface area contributed by atoms with Crippen molar-refractivity contribution in [1.29, 1.82) is 0 Å². The molecule has 0 aromatic heterocycles. The fourth-order valence-electron chi connectivity index (χ4n) is 3.84. The molecule has 2 N–H and O–H groups in total. The van der Waals surface area contributed by atoms with Crippen molar-refractivity contribution in [3.63, 3.8) is 0 Å². The van der Waals surface area contributed by atoms with E-state index in [9.17, 15) is 9.59 Å². The molecule has 1 unspecified atom stereocenters. The van der Waals surface area contributed by atoms with Gasteiger partial charge in [-0.25, -0.2) is 0 Å². The molecule has 2 heterocycles. The van der Waals surface area contributed by atoms with E-state index in [-0.39, 0.29) is 23.3 Å². The maximum atomic E-state index is 12.7. The lowest BCUT2D eigenvalue weighted by molar-refractivity contribution is -0.138. The Morgan fingerprint density at radius 3 is 2.68 bits per heavy atom. The van der Waals surface area contributed by atoms with Gasteiger partial charge in [-0.3, -0.25) is 9.59 Å². The van der Waals surface area contributed by atoms with E-state index >= 15 is 0 Å². The number of piperidine rings is 1. The zero-order valence-corrected chi connectivity index (χ0v) is 15.1. The molecule has 2 aliphatic heterocycles. The molecule has 136 valence electrons. The summed E-state index contributed by atoms with van der Waals surface area (Å²) in [5.41, 5.74) is 1.17. The molecular weight excluding hydrogens is 314 g/mol. The maximum absolute atomic E-state index is 12.7. The van der Waals surface area contributed by atoms with E-state index in [0.29, 0.717) is 19.5 Å². The third-order valence-electron chi connectivity index (χ3n) is 5.57. The highest BCUT2D eigenvalue weighted by Gasteiger charge is 2.35. The van der Waals surface area contributed by atoms with E-state index < -0.39 is 0 Å². The molecule has 0 saturated carbocycles. The van der Waals surface area contributed by atoms with Crippen LogP contribution in [0.5, 0.6) is 0 Å². The molecule has 1 aromatic carbocycles. The van der Waals surface area contributed by atoms with Crippen molar-refractivity contribution in [3.05, 3.63) is 35.9 Å². The number of carbonyl (C=O) groups excluding carboxylic acids is 2. The van der Waals surface area contributed by atoms with Gasteiger partial charge in [-0.15, -0.1) is 0 Å². The first kappa shape index (κ1) is 17.9. The van der Waals surface area contributed by atoms with Crippen LogP contribution in [0.15, 0.2) is 30.3 Å². The van der Waals surface area contributed by atoms with Crippen LogP contribution in [0.4, 0.5) is 0 Å². The Morgan fingerprint density at radius 2 is 1.96 bits per heavy atom. The quantitative estimate of drug-likeness (QED) is 0.856. The summed E-state index contributed by atoms with van der Waals surface area (Å²) in [5, 5.41) is 6.49. The number of rotatable bonds is 5. The summed E-state index contributed by atoms with van der Waals surface area (Å²) in [6.07, 6.45) is 4.20. The molecule has 0 bridgehead atoms. The van der Waals surface area contributed by atoms with Crippen LogP contribution in [0.1, 0.15) is 38.2 Å². The van der Waals surface area contributed by atoms with E-state index in [1.807, 2.05) is 30.3 Å². The van der Waals surface area contributed by atoms with Crippen LogP contribution in [0.25, 0.3) is 0 Å². The van der Waals surface area contributed by atoms with Gasteiger partial charge >= 0.3 is 0 Å². The van der Waals surface area contributed by atoms with Gasteiger partial charge in [-0.1, -0.05) is 37.3 Å². The van der Waals surface area contributed by atoms with E-state index in [1.54, 1.807) is 4.90 Å². The second kappa shape index (κ2) is 8.00. The van der Waals surface area contributed by atoms with Crippen molar-refractivity contribution in [1.82, 2.24) is 15.5 Å². The third kappa shape index (κ3) is 4.60. The number of nitrogens with one attached hydrogen (secondary N) is 2. The third-order valence-corrected chi connectivity index (χ3v) is 5.57. The molecule has 0 aliphatic carbocycles. The van der Waals surface area contributed by atoms with Gasteiger partial charge in [0.15, 0.2) is 0 Å². The monoisotopic (exact) mass is 343 g/mol. The fourth-order valence-corrected chi connectivity index (χ4v) is 3.84. The average Bonchev–Trinajstić information content (AvgIpc) is 3.11. The summed E-state index contributed by atoms with van der Waals surface area (Å²) < 4.78 is 0. The zero-order chi connectivity index (χ0) is 17.7. The minimum Gasteiger partial charge on any atom is -0.354 e. The Bertz CT molecular complexity index is 596. The van der Waals surface area contributed by atoms with E-state index in [2.05, 4.69) is 17.6 Å². The lowest BCUT2D eigenvalue weighted by atomic mass is 9.81. The van der Waals surface area contributed by atoms with Crippen LogP contribution in [-0.4, -0.2) is 48.9 Å². The van der Waals surface area contributed by atoms with Crippen LogP contribution < -0.4 is 10.6 Å². The van der Waals surface area contributed by atoms with Gasteiger partial charge in [0.2, 0.25) is 11.8 Å². The first-order valence-electron chi connectivity index (χ1n) is 9.39. The summed E-state index contributed by atoms with van der Waals surface area (Å²) in [6, 6.07) is 9.44. The number of likely N-dealkylation sites (tertiary alicyclic amines) is 1. The number of nitrogens with zero attached hydrogens (tertiary/aromatic N) is 1. The SMILES string of the molecule is CC1(CNC(=O)C2CCCN2C(=O)Cc2ccccc2)CCNCC1. The van der Waals surface area contributed by atoms with Crippen molar-refractivity contribution in [2.75, 3.05) is 26.2 Å². The van der Waals surface area contributed by atoms with Crippen LogP contribution in [0.2, 0.25) is 0 Å².